The zero-order chi connectivity index (χ0) is 9.72. The highest BCUT2D eigenvalue weighted by Gasteiger charge is 2.18. The first-order chi connectivity index (χ1) is 5.45. The van der Waals surface area contributed by atoms with E-state index in [1.165, 1.54) is 0 Å². The average Bonchev–Trinajstić information content (AvgIpc) is 1.98. The number of alkyl halides is 2. The van der Waals surface area contributed by atoms with E-state index in [0.29, 0.717) is 0 Å². The predicted octanol–water partition coefficient (Wildman–Crippen LogP) is -0.229. The fraction of sp³-hybridized carbons (Fsp3) is 0.833. The molecule has 0 aromatic heterocycles. The van der Waals surface area contributed by atoms with E-state index >= 15 is 0 Å². The van der Waals surface area contributed by atoms with Crippen molar-refractivity contribution in [1.29, 1.82) is 0 Å². The second-order valence-corrected chi connectivity index (χ2v) is 2.52. The van der Waals surface area contributed by atoms with Gasteiger partial charge in [-0.2, -0.15) is 0 Å². The Labute approximate surface area is 68.5 Å². The van der Waals surface area contributed by atoms with Crippen molar-refractivity contribution in [3.05, 3.63) is 0 Å². The summed E-state index contributed by atoms with van der Waals surface area (Å²) in [5, 5.41) is 8.28. The Morgan fingerprint density at radius 1 is 1.33 bits per heavy atom. The van der Waals surface area contributed by atoms with Gasteiger partial charge in [-0.3, -0.25) is 4.79 Å². The summed E-state index contributed by atoms with van der Waals surface area (Å²) in [4.78, 5) is 10.1. The first-order valence-electron chi connectivity index (χ1n) is 3.47. The average molecular weight is 182 g/mol. The van der Waals surface area contributed by atoms with Gasteiger partial charge >= 0.3 is 5.97 Å². The van der Waals surface area contributed by atoms with E-state index in [-0.39, 0.29) is 12.8 Å². The molecule has 72 valence electrons. The molecule has 0 heterocycles. The molecule has 0 aromatic rings. The van der Waals surface area contributed by atoms with Crippen molar-refractivity contribution in [3.8, 4) is 0 Å². The molecule has 6 heteroatoms. The number of hydrogen-bond acceptors (Lipinski definition) is 3. The fourth-order valence-electron chi connectivity index (χ4n) is 0.621. The summed E-state index contributed by atoms with van der Waals surface area (Å²) in [6.45, 7) is 0. The molecule has 0 aliphatic heterocycles. The van der Waals surface area contributed by atoms with Crippen molar-refractivity contribution in [2.75, 3.05) is 0 Å². The third kappa shape index (κ3) is 4.20. The number of halogens is 2. The van der Waals surface area contributed by atoms with E-state index in [0.717, 1.165) is 0 Å². The van der Waals surface area contributed by atoms with Gasteiger partial charge in [-0.15, -0.1) is 0 Å². The summed E-state index contributed by atoms with van der Waals surface area (Å²) < 4.78 is 23.5. The van der Waals surface area contributed by atoms with Gasteiger partial charge in [-0.05, 0) is 12.8 Å². The molecule has 0 spiro atoms. The lowest BCUT2D eigenvalue weighted by atomic mass is 10.1. The van der Waals surface area contributed by atoms with Crippen LogP contribution in [-0.2, 0) is 4.79 Å². The quantitative estimate of drug-likeness (QED) is 0.548. The Morgan fingerprint density at radius 3 is 2.17 bits per heavy atom. The number of aliphatic carboxylic acids is 1. The zero-order valence-electron chi connectivity index (χ0n) is 6.41. The summed E-state index contributed by atoms with van der Waals surface area (Å²) in [7, 11) is 0. The normalized spacial score (nSPS) is 16.1. The van der Waals surface area contributed by atoms with E-state index in [2.05, 4.69) is 0 Å². The van der Waals surface area contributed by atoms with Gasteiger partial charge in [0.1, 0.15) is 6.04 Å². The molecule has 0 radical (unpaired) electrons. The lowest BCUT2D eigenvalue weighted by Crippen LogP contribution is -2.35. The standard InChI is InChI=1S/C6H12F2N2O2/c7-5(8)3(9)1-2-4(10)6(11)12/h3-5H,1-2,9-10H2,(H,11,12)/t3?,4-/m1/s1. The largest absolute Gasteiger partial charge is 0.480 e. The highest BCUT2D eigenvalue weighted by molar-refractivity contribution is 5.72. The van der Waals surface area contributed by atoms with Gasteiger partial charge in [0.2, 0.25) is 0 Å². The van der Waals surface area contributed by atoms with Crippen molar-refractivity contribution < 1.29 is 18.7 Å². The van der Waals surface area contributed by atoms with Gasteiger partial charge in [0.05, 0.1) is 6.04 Å². The van der Waals surface area contributed by atoms with Crippen molar-refractivity contribution in [3.63, 3.8) is 0 Å². The lowest BCUT2D eigenvalue weighted by molar-refractivity contribution is -0.138. The molecular formula is C6H12F2N2O2. The molecule has 12 heavy (non-hydrogen) atoms. The van der Waals surface area contributed by atoms with Gasteiger partial charge in [-0.1, -0.05) is 0 Å². The molecule has 1 unspecified atom stereocenters. The van der Waals surface area contributed by atoms with E-state index < -0.39 is 24.5 Å². The number of carboxylic acids is 1. The van der Waals surface area contributed by atoms with Crippen molar-refractivity contribution >= 4 is 5.97 Å². The Kier molecular flexibility index (Phi) is 4.68. The fourth-order valence-corrected chi connectivity index (χ4v) is 0.621. The monoisotopic (exact) mass is 182 g/mol. The molecule has 4 nitrogen and oxygen atoms in total. The maximum Gasteiger partial charge on any atom is 0.320 e. The number of rotatable bonds is 5. The van der Waals surface area contributed by atoms with Crippen LogP contribution in [0, 0.1) is 0 Å². The number of nitrogens with two attached hydrogens (primary N) is 2. The second-order valence-electron chi connectivity index (χ2n) is 2.52. The highest BCUT2D eigenvalue weighted by Crippen LogP contribution is 2.06. The van der Waals surface area contributed by atoms with Crippen LogP contribution >= 0.6 is 0 Å². The van der Waals surface area contributed by atoms with Crippen LogP contribution in [0.25, 0.3) is 0 Å². The predicted molar refractivity (Wildman–Crippen MR) is 38.8 cm³/mol. The number of carbonyl (C=O) groups is 1. The van der Waals surface area contributed by atoms with Gasteiger partial charge in [0.15, 0.2) is 0 Å². The van der Waals surface area contributed by atoms with Gasteiger partial charge in [-0.25, -0.2) is 8.78 Å². The molecule has 0 bridgehead atoms. The maximum absolute atomic E-state index is 11.8. The van der Waals surface area contributed by atoms with Crippen molar-refractivity contribution in [1.82, 2.24) is 0 Å². The molecule has 0 amide bonds. The van der Waals surface area contributed by atoms with E-state index in [4.69, 9.17) is 16.6 Å². The number of carboxylic acid groups (broad SMARTS) is 1. The molecular weight excluding hydrogens is 170 g/mol. The summed E-state index contributed by atoms with van der Waals surface area (Å²) in [5.74, 6) is -1.20. The minimum Gasteiger partial charge on any atom is -0.480 e. The van der Waals surface area contributed by atoms with E-state index in [1.807, 2.05) is 0 Å². The van der Waals surface area contributed by atoms with Crippen LogP contribution in [0.2, 0.25) is 0 Å². The Balaban J connectivity index is 3.61. The van der Waals surface area contributed by atoms with Gasteiger partial charge in [0, 0.05) is 0 Å². The highest BCUT2D eigenvalue weighted by atomic mass is 19.3. The number of hydrogen-bond donors (Lipinski definition) is 3. The molecule has 0 aliphatic rings. The summed E-state index contributed by atoms with van der Waals surface area (Å²) >= 11 is 0. The van der Waals surface area contributed by atoms with Crippen LogP contribution < -0.4 is 11.5 Å². The Bertz CT molecular complexity index is 154. The van der Waals surface area contributed by atoms with Crippen LogP contribution in [-0.4, -0.2) is 29.6 Å². The molecule has 0 aromatic carbocycles. The molecule has 0 rings (SSSR count). The lowest BCUT2D eigenvalue weighted by Gasteiger charge is -2.11. The topological polar surface area (TPSA) is 89.3 Å². The third-order valence-electron chi connectivity index (χ3n) is 1.45. The van der Waals surface area contributed by atoms with Gasteiger partial charge in [0.25, 0.3) is 6.43 Å². The molecule has 0 saturated carbocycles. The Morgan fingerprint density at radius 2 is 1.83 bits per heavy atom. The first kappa shape index (κ1) is 11.2. The Hall–Kier alpha value is -0.750. The van der Waals surface area contributed by atoms with Gasteiger partial charge < -0.3 is 16.6 Å². The molecule has 0 saturated heterocycles. The van der Waals surface area contributed by atoms with Crippen LogP contribution in [0.1, 0.15) is 12.8 Å². The van der Waals surface area contributed by atoms with Crippen LogP contribution in [0.5, 0.6) is 0 Å². The minimum absolute atomic E-state index is 0.0269. The summed E-state index contributed by atoms with van der Waals surface area (Å²) in [6, 6.07) is -2.38. The third-order valence-corrected chi connectivity index (χ3v) is 1.45. The molecule has 2 atom stereocenters. The smallest absolute Gasteiger partial charge is 0.320 e. The molecule has 5 N–H and O–H groups in total. The van der Waals surface area contributed by atoms with Crippen molar-refractivity contribution in [2.45, 2.75) is 31.4 Å². The van der Waals surface area contributed by atoms with Crippen molar-refractivity contribution in [2.24, 2.45) is 11.5 Å². The summed E-state index contributed by atoms with van der Waals surface area (Å²) in [6.07, 6.45) is -2.72. The summed E-state index contributed by atoms with van der Waals surface area (Å²) in [5.41, 5.74) is 10.0. The second kappa shape index (κ2) is 5.00. The van der Waals surface area contributed by atoms with Crippen LogP contribution in [0.4, 0.5) is 8.78 Å². The van der Waals surface area contributed by atoms with E-state index in [1.54, 1.807) is 0 Å². The minimum atomic E-state index is -2.62. The maximum atomic E-state index is 11.8. The first-order valence-corrected chi connectivity index (χ1v) is 3.47. The zero-order valence-corrected chi connectivity index (χ0v) is 6.41. The SMILES string of the molecule is NC(CC[C@@H](N)C(=O)O)C(F)F. The van der Waals surface area contributed by atoms with Crippen LogP contribution in [0.15, 0.2) is 0 Å². The van der Waals surface area contributed by atoms with Crippen LogP contribution in [0.3, 0.4) is 0 Å². The molecule has 0 aliphatic carbocycles. The van der Waals surface area contributed by atoms with E-state index in [9.17, 15) is 13.6 Å². The molecule has 0 fully saturated rings.